The summed E-state index contributed by atoms with van der Waals surface area (Å²) in [6.45, 7) is 1.66. The van der Waals surface area contributed by atoms with Crippen LogP contribution in [-0.2, 0) is 6.54 Å². The molecule has 2 heterocycles. The van der Waals surface area contributed by atoms with Crippen molar-refractivity contribution in [1.82, 2.24) is 15.0 Å². The van der Waals surface area contributed by atoms with E-state index in [1.54, 1.807) is 25.1 Å². The molecule has 0 radical (unpaired) electrons. The number of hydrogen-bond acceptors (Lipinski definition) is 5. The van der Waals surface area contributed by atoms with Crippen LogP contribution in [-0.4, -0.2) is 26.0 Å². The number of anilines is 1. The molecule has 1 atom stereocenters. The van der Waals surface area contributed by atoms with E-state index in [4.69, 9.17) is 4.42 Å². The van der Waals surface area contributed by atoms with Crippen molar-refractivity contribution in [3.8, 4) is 0 Å². The molecule has 0 fully saturated rings. The van der Waals surface area contributed by atoms with Crippen LogP contribution >= 0.6 is 0 Å². The van der Waals surface area contributed by atoms with Crippen LogP contribution in [0, 0.1) is 12.7 Å². The van der Waals surface area contributed by atoms with Gasteiger partial charge in [-0.1, -0.05) is 11.3 Å². The van der Waals surface area contributed by atoms with E-state index >= 15 is 0 Å². The molecule has 1 amide bonds. The zero-order chi connectivity index (χ0) is 17.1. The number of furan rings is 1. The van der Waals surface area contributed by atoms with E-state index in [0.29, 0.717) is 17.0 Å². The highest BCUT2D eigenvalue weighted by molar-refractivity contribution is 6.03. The first-order valence-corrected chi connectivity index (χ1v) is 7.22. The van der Waals surface area contributed by atoms with E-state index in [1.165, 1.54) is 29.3 Å². The van der Waals surface area contributed by atoms with Crippen molar-refractivity contribution < 1.29 is 18.7 Å². The second-order valence-corrected chi connectivity index (χ2v) is 5.22. The van der Waals surface area contributed by atoms with Crippen LogP contribution in [0.1, 0.15) is 27.9 Å². The van der Waals surface area contributed by atoms with Gasteiger partial charge in [0.15, 0.2) is 5.69 Å². The maximum Gasteiger partial charge on any atom is 0.277 e. The quantitative estimate of drug-likeness (QED) is 0.749. The van der Waals surface area contributed by atoms with Crippen molar-refractivity contribution in [2.45, 2.75) is 19.6 Å². The Morgan fingerprint density at radius 1 is 1.42 bits per heavy atom. The van der Waals surface area contributed by atoms with Crippen LogP contribution in [0.15, 0.2) is 47.2 Å². The summed E-state index contributed by atoms with van der Waals surface area (Å²) < 4.78 is 19.9. The Balaban J connectivity index is 1.68. The number of carbonyl (C=O) groups is 1. The molecule has 3 rings (SSSR count). The molecule has 0 aliphatic rings. The lowest BCUT2D eigenvalue weighted by Crippen LogP contribution is -2.14. The molecule has 0 saturated heterocycles. The minimum Gasteiger partial charge on any atom is -0.467 e. The van der Waals surface area contributed by atoms with Crippen molar-refractivity contribution in [2.75, 3.05) is 5.32 Å². The number of halogens is 1. The number of aliphatic hydroxyl groups is 1. The van der Waals surface area contributed by atoms with Crippen molar-refractivity contribution in [1.29, 1.82) is 0 Å². The average Bonchev–Trinajstić information content (AvgIpc) is 3.23. The van der Waals surface area contributed by atoms with Crippen LogP contribution < -0.4 is 5.32 Å². The summed E-state index contributed by atoms with van der Waals surface area (Å²) in [5.41, 5.74) is 0.766. The number of amides is 1. The van der Waals surface area contributed by atoms with Crippen LogP contribution in [0.25, 0.3) is 0 Å². The third-order valence-corrected chi connectivity index (χ3v) is 3.52. The Kier molecular flexibility index (Phi) is 4.39. The van der Waals surface area contributed by atoms with Gasteiger partial charge in [-0.2, -0.15) is 0 Å². The monoisotopic (exact) mass is 330 g/mol. The first-order valence-electron chi connectivity index (χ1n) is 7.22. The van der Waals surface area contributed by atoms with Gasteiger partial charge in [-0.3, -0.25) is 4.79 Å². The second-order valence-electron chi connectivity index (χ2n) is 5.22. The highest BCUT2D eigenvalue weighted by atomic mass is 19.1. The van der Waals surface area contributed by atoms with Gasteiger partial charge in [0.05, 0.1) is 19.0 Å². The van der Waals surface area contributed by atoms with E-state index in [2.05, 4.69) is 15.6 Å². The Bertz CT molecular complexity index is 845. The lowest BCUT2D eigenvalue weighted by molar-refractivity contribution is 0.102. The van der Waals surface area contributed by atoms with E-state index in [-0.39, 0.29) is 12.2 Å². The minimum absolute atomic E-state index is 0.0605. The van der Waals surface area contributed by atoms with Crippen LogP contribution in [0.3, 0.4) is 0 Å². The highest BCUT2D eigenvalue weighted by Crippen LogP contribution is 2.18. The molecular formula is C16H15FN4O3. The summed E-state index contributed by atoms with van der Waals surface area (Å²) in [6, 6.07) is 7.73. The molecule has 0 unspecified atom stereocenters. The van der Waals surface area contributed by atoms with Crippen molar-refractivity contribution in [3.05, 3.63) is 65.6 Å². The Morgan fingerprint density at radius 2 is 2.25 bits per heavy atom. The molecule has 24 heavy (non-hydrogen) atoms. The number of hydrogen-bond donors (Lipinski definition) is 2. The van der Waals surface area contributed by atoms with Crippen molar-refractivity contribution in [2.24, 2.45) is 0 Å². The number of carbonyl (C=O) groups excluding carboxylic acids is 1. The minimum atomic E-state index is -0.900. The van der Waals surface area contributed by atoms with Gasteiger partial charge in [-0.25, -0.2) is 9.07 Å². The van der Waals surface area contributed by atoms with Gasteiger partial charge in [0.25, 0.3) is 5.91 Å². The molecular weight excluding hydrogens is 315 g/mol. The number of aromatic nitrogens is 3. The van der Waals surface area contributed by atoms with Gasteiger partial charge in [0.2, 0.25) is 0 Å². The molecule has 8 heteroatoms. The Morgan fingerprint density at radius 3 is 3.00 bits per heavy atom. The summed E-state index contributed by atoms with van der Waals surface area (Å²) in [4.78, 5) is 12.2. The van der Waals surface area contributed by atoms with Gasteiger partial charge >= 0.3 is 0 Å². The van der Waals surface area contributed by atoms with E-state index < -0.39 is 17.8 Å². The van der Waals surface area contributed by atoms with E-state index in [9.17, 15) is 14.3 Å². The standard InChI is InChI=1S/C16H15FN4O3/c1-10-11(17)4-2-5-12(10)18-16(23)13-8-21(20-19-13)9-14(22)15-6-3-7-24-15/h2-8,14,22H,9H2,1H3,(H,18,23)/t14-/m1/s1. The smallest absolute Gasteiger partial charge is 0.277 e. The topological polar surface area (TPSA) is 93.2 Å². The summed E-state index contributed by atoms with van der Waals surface area (Å²) >= 11 is 0. The summed E-state index contributed by atoms with van der Waals surface area (Å²) in [6.07, 6.45) is 1.96. The summed E-state index contributed by atoms with van der Waals surface area (Å²) in [5, 5.41) is 20.1. The Hall–Kier alpha value is -3.00. The zero-order valence-electron chi connectivity index (χ0n) is 12.8. The molecule has 0 bridgehead atoms. The molecule has 2 N–H and O–H groups in total. The van der Waals surface area contributed by atoms with E-state index in [0.717, 1.165) is 0 Å². The molecule has 0 aliphatic carbocycles. The molecule has 124 valence electrons. The maximum atomic E-state index is 13.5. The molecule has 7 nitrogen and oxygen atoms in total. The van der Waals surface area contributed by atoms with Crippen molar-refractivity contribution in [3.63, 3.8) is 0 Å². The third kappa shape index (κ3) is 3.33. The average molecular weight is 330 g/mol. The number of rotatable bonds is 5. The molecule has 1 aromatic carbocycles. The summed E-state index contributed by atoms with van der Waals surface area (Å²) in [7, 11) is 0. The normalized spacial score (nSPS) is 12.1. The predicted octanol–water partition coefficient (Wildman–Crippen LogP) is 2.30. The van der Waals surface area contributed by atoms with Crippen LogP contribution in [0.2, 0.25) is 0 Å². The SMILES string of the molecule is Cc1c(F)cccc1NC(=O)c1cn(C[C@@H](O)c2ccco2)nn1. The second kappa shape index (κ2) is 6.63. The molecule has 0 aliphatic heterocycles. The van der Waals surface area contributed by atoms with Gasteiger partial charge in [-0.15, -0.1) is 5.10 Å². The number of aliphatic hydroxyl groups excluding tert-OH is 1. The third-order valence-electron chi connectivity index (χ3n) is 3.52. The molecule has 3 aromatic rings. The lowest BCUT2D eigenvalue weighted by Gasteiger charge is -2.07. The first kappa shape index (κ1) is 15.9. The van der Waals surface area contributed by atoms with E-state index in [1.807, 2.05) is 0 Å². The largest absolute Gasteiger partial charge is 0.467 e. The highest BCUT2D eigenvalue weighted by Gasteiger charge is 2.16. The predicted molar refractivity (Wildman–Crippen MR) is 82.8 cm³/mol. The van der Waals surface area contributed by atoms with Crippen molar-refractivity contribution >= 4 is 11.6 Å². The number of benzene rings is 1. The fourth-order valence-electron chi connectivity index (χ4n) is 2.17. The molecule has 2 aromatic heterocycles. The Labute approximate surface area is 136 Å². The van der Waals surface area contributed by atoms with Gasteiger partial charge in [0.1, 0.15) is 17.7 Å². The molecule has 0 spiro atoms. The number of nitrogens with one attached hydrogen (secondary N) is 1. The fourth-order valence-corrected chi connectivity index (χ4v) is 2.17. The summed E-state index contributed by atoms with van der Waals surface area (Å²) in [5.74, 6) is -0.521. The number of nitrogens with zero attached hydrogens (tertiary/aromatic N) is 3. The fraction of sp³-hybridized carbons (Fsp3) is 0.188. The van der Waals surface area contributed by atoms with Gasteiger partial charge in [0, 0.05) is 11.3 Å². The molecule has 0 saturated carbocycles. The van der Waals surface area contributed by atoms with Crippen LogP contribution in [0.5, 0.6) is 0 Å². The maximum absolute atomic E-state index is 13.5. The lowest BCUT2D eigenvalue weighted by atomic mass is 10.2. The van der Waals surface area contributed by atoms with Gasteiger partial charge in [-0.05, 0) is 31.2 Å². The van der Waals surface area contributed by atoms with Crippen LogP contribution in [0.4, 0.5) is 10.1 Å². The zero-order valence-corrected chi connectivity index (χ0v) is 12.8. The van der Waals surface area contributed by atoms with Gasteiger partial charge < -0.3 is 14.8 Å². The first-order chi connectivity index (χ1) is 11.5.